The molecule has 1 heterocycles. The number of carbonyl (C=O) groups excluding carboxylic acids is 1. The van der Waals surface area contributed by atoms with E-state index in [0.717, 1.165) is 12.0 Å². The average molecular weight is 373 g/mol. The Hall–Kier alpha value is -2.38. The van der Waals surface area contributed by atoms with E-state index in [4.69, 9.17) is 5.73 Å². The molecule has 3 rings (SSSR count). The fourth-order valence-corrected chi connectivity index (χ4v) is 4.17. The first-order valence-electron chi connectivity index (χ1n) is 8.49. The highest BCUT2D eigenvalue weighted by molar-refractivity contribution is 7.92. The summed E-state index contributed by atoms with van der Waals surface area (Å²) in [5.74, 6) is -0.0754. The Morgan fingerprint density at radius 3 is 2.27 bits per heavy atom. The van der Waals surface area contributed by atoms with Crippen LogP contribution in [-0.4, -0.2) is 45.4 Å². The van der Waals surface area contributed by atoms with Gasteiger partial charge in [-0.2, -0.15) is 0 Å². The SMILES string of the molecule is Cc1ccc(S(=O)(=O)N(C)c2ccc(C(=O)N3CC[C@@H](N)C3)cc2)cc1. The van der Waals surface area contributed by atoms with Gasteiger partial charge >= 0.3 is 0 Å². The molecule has 0 aromatic heterocycles. The second-order valence-corrected chi connectivity index (χ2v) is 8.60. The van der Waals surface area contributed by atoms with E-state index in [9.17, 15) is 13.2 Å². The van der Waals surface area contributed by atoms with Gasteiger partial charge in [-0.3, -0.25) is 9.10 Å². The first-order valence-corrected chi connectivity index (χ1v) is 9.93. The minimum absolute atomic E-state index is 0.0315. The molecule has 2 N–H and O–H groups in total. The zero-order valence-electron chi connectivity index (χ0n) is 14.9. The molecule has 2 aromatic rings. The lowest BCUT2D eigenvalue weighted by molar-refractivity contribution is 0.0791. The number of aryl methyl sites for hydroxylation is 1. The van der Waals surface area contributed by atoms with Crippen molar-refractivity contribution in [1.29, 1.82) is 0 Å². The van der Waals surface area contributed by atoms with Crippen LogP contribution in [0, 0.1) is 6.92 Å². The van der Waals surface area contributed by atoms with Gasteiger partial charge in [0, 0.05) is 31.7 Å². The van der Waals surface area contributed by atoms with Crippen molar-refractivity contribution in [2.45, 2.75) is 24.3 Å². The third-order valence-electron chi connectivity index (χ3n) is 4.67. The maximum atomic E-state index is 12.7. The standard InChI is InChI=1S/C19H23N3O3S/c1-14-3-9-18(10-4-14)26(24,25)21(2)17-7-5-15(6-8-17)19(23)22-12-11-16(20)13-22/h3-10,16H,11-13,20H2,1-2H3/t16-/m1/s1. The number of nitrogens with two attached hydrogens (primary N) is 1. The smallest absolute Gasteiger partial charge is 0.264 e. The molecule has 1 amide bonds. The topological polar surface area (TPSA) is 83.7 Å². The van der Waals surface area contributed by atoms with Crippen LogP contribution in [0.1, 0.15) is 22.3 Å². The lowest BCUT2D eigenvalue weighted by Crippen LogP contribution is -2.32. The number of rotatable bonds is 4. The van der Waals surface area contributed by atoms with Crippen molar-refractivity contribution >= 4 is 21.6 Å². The number of anilines is 1. The van der Waals surface area contributed by atoms with Crippen molar-refractivity contribution in [2.75, 3.05) is 24.4 Å². The summed E-state index contributed by atoms with van der Waals surface area (Å²) in [5.41, 5.74) is 7.88. The van der Waals surface area contributed by atoms with Gasteiger partial charge in [0.2, 0.25) is 0 Å². The third kappa shape index (κ3) is 3.59. The van der Waals surface area contributed by atoms with Crippen LogP contribution < -0.4 is 10.0 Å². The van der Waals surface area contributed by atoms with E-state index < -0.39 is 10.0 Å². The zero-order valence-corrected chi connectivity index (χ0v) is 15.7. The van der Waals surface area contributed by atoms with E-state index in [1.54, 1.807) is 53.4 Å². The van der Waals surface area contributed by atoms with Crippen LogP contribution in [-0.2, 0) is 10.0 Å². The van der Waals surface area contributed by atoms with Gasteiger partial charge in [-0.25, -0.2) is 8.42 Å². The monoisotopic (exact) mass is 373 g/mol. The predicted molar refractivity (Wildman–Crippen MR) is 102 cm³/mol. The van der Waals surface area contributed by atoms with E-state index in [1.807, 2.05) is 6.92 Å². The number of hydrogen-bond acceptors (Lipinski definition) is 4. The van der Waals surface area contributed by atoms with Crippen molar-refractivity contribution in [1.82, 2.24) is 4.90 Å². The number of sulfonamides is 1. The van der Waals surface area contributed by atoms with Crippen LogP contribution >= 0.6 is 0 Å². The molecule has 0 bridgehead atoms. The summed E-state index contributed by atoms with van der Waals surface area (Å²) in [5, 5.41) is 0. The second-order valence-electron chi connectivity index (χ2n) is 6.63. The summed E-state index contributed by atoms with van der Waals surface area (Å²) < 4.78 is 26.7. The highest BCUT2D eigenvalue weighted by atomic mass is 32.2. The van der Waals surface area contributed by atoms with Gasteiger partial charge in [-0.05, 0) is 49.7 Å². The summed E-state index contributed by atoms with van der Waals surface area (Å²) in [6.45, 7) is 3.12. The molecule has 1 aliphatic heterocycles. The Morgan fingerprint density at radius 1 is 1.12 bits per heavy atom. The summed E-state index contributed by atoms with van der Waals surface area (Å²) in [6.07, 6.45) is 0.807. The highest BCUT2D eigenvalue weighted by Gasteiger charge is 2.25. The molecule has 0 saturated carbocycles. The predicted octanol–water partition coefficient (Wildman–Crippen LogP) is 1.99. The normalized spacial score (nSPS) is 17.3. The molecule has 6 nitrogen and oxygen atoms in total. The van der Waals surface area contributed by atoms with Crippen LogP contribution in [0.15, 0.2) is 53.4 Å². The van der Waals surface area contributed by atoms with E-state index in [2.05, 4.69) is 0 Å². The van der Waals surface area contributed by atoms with Crippen LogP contribution in [0.2, 0.25) is 0 Å². The van der Waals surface area contributed by atoms with Crippen LogP contribution in [0.25, 0.3) is 0 Å². The van der Waals surface area contributed by atoms with E-state index in [-0.39, 0.29) is 16.8 Å². The molecule has 7 heteroatoms. The fourth-order valence-electron chi connectivity index (χ4n) is 2.98. The largest absolute Gasteiger partial charge is 0.337 e. The van der Waals surface area contributed by atoms with Crippen molar-refractivity contribution < 1.29 is 13.2 Å². The maximum absolute atomic E-state index is 12.7. The molecule has 0 radical (unpaired) electrons. The van der Waals surface area contributed by atoms with Gasteiger partial charge in [0.15, 0.2) is 0 Å². The Morgan fingerprint density at radius 2 is 1.73 bits per heavy atom. The Balaban J connectivity index is 1.79. The molecule has 138 valence electrons. The summed E-state index contributed by atoms with van der Waals surface area (Å²) >= 11 is 0. The molecule has 1 aliphatic rings. The second kappa shape index (κ2) is 7.09. The molecule has 1 atom stereocenters. The lowest BCUT2D eigenvalue weighted by atomic mass is 10.2. The van der Waals surface area contributed by atoms with Gasteiger partial charge < -0.3 is 10.6 Å². The zero-order chi connectivity index (χ0) is 18.9. The van der Waals surface area contributed by atoms with Crippen molar-refractivity contribution in [3.8, 4) is 0 Å². The maximum Gasteiger partial charge on any atom is 0.264 e. The van der Waals surface area contributed by atoms with E-state index in [0.29, 0.717) is 24.3 Å². The van der Waals surface area contributed by atoms with E-state index in [1.165, 1.54) is 11.4 Å². The van der Waals surface area contributed by atoms with Crippen molar-refractivity contribution in [3.63, 3.8) is 0 Å². The van der Waals surface area contributed by atoms with Crippen molar-refractivity contribution in [2.24, 2.45) is 5.73 Å². The number of amides is 1. The summed E-state index contributed by atoms with van der Waals surface area (Å²) in [7, 11) is -2.14. The molecule has 1 fully saturated rings. The average Bonchev–Trinajstić information content (AvgIpc) is 3.07. The van der Waals surface area contributed by atoms with Gasteiger partial charge in [-0.15, -0.1) is 0 Å². The van der Waals surface area contributed by atoms with Crippen LogP contribution in [0.4, 0.5) is 5.69 Å². The molecule has 0 spiro atoms. The first-order chi connectivity index (χ1) is 12.3. The molecular weight excluding hydrogens is 350 g/mol. The highest BCUT2D eigenvalue weighted by Crippen LogP contribution is 2.23. The molecule has 26 heavy (non-hydrogen) atoms. The molecular formula is C19H23N3O3S. The molecule has 0 unspecified atom stereocenters. The summed E-state index contributed by atoms with van der Waals surface area (Å²) in [6, 6.07) is 13.4. The fraction of sp³-hybridized carbons (Fsp3) is 0.316. The summed E-state index contributed by atoms with van der Waals surface area (Å²) in [4.78, 5) is 14.4. The van der Waals surface area contributed by atoms with E-state index >= 15 is 0 Å². The minimum atomic E-state index is -3.64. The Bertz CT molecular complexity index is 893. The number of likely N-dealkylation sites (tertiary alicyclic amines) is 1. The first kappa shape index (κ1) is 18.4. The Kier molecular flexibility index (Phi) is 5.02. The van der Waals surface area contributed by atoms with Crippen LogP contribution in [0.3, 0.4) is 0 Å². The lowest BCUT2D eigenvalue weighted by Gasteiger charge is -2.20. The number of nitrogens with zero attached hydrogens (tertiary/aromatic N) is 2. The quantitative estimate of drug-likeness (QED) is 0.888. The molecule has 1 saturated heterocycles. The molecule has 0 aliphatic carbocycles. The molecule has 2 aromatic carbocycles. The van der Waals surface area contributed by atoms with Gasteiger partial charge in [0.25, 0.3) is 15.9 Å². The minimum Gasteiger partial charge on any atom is -0.337 e. The van der Waals surface area contributed by atoms with Gasteiger partial charge in [0.05, 0.1) is 10.6 Å². The van der Waals surface area contributed by atoms with Crippen LogP contribution in [0.5, 0.6) is 0 Å². The van der Waals surface area contributed by atoms with Gasteiger partial charge in [-0.1, -0.05) is 17.7 Å². The number of hydrogen-bond donors (Lipinski definition) is 1. The Labute approximate surface area is 154 Å². The number of benzene rings is 2. The number of carbonyl (C=O) groups is 1. The van der Waals surface area contributed by atoms with Gasteiger partial charge in [0.1, 0.15) is 0 Å². The van der Waals surface area contributed by atoms with Crippen molar-refractivity contribution in [3.05, 3.63) is 59.7 Å². The third-order valence-corrected chi connectivity index (χ3v) is 6.47.